The van der Waals surface area contributed by atoms with E-state index in [9.17, 15) is 14.4 Å². The maximum Gasteiger partial charge on any atom is 0.321 e. The fraction of sp³-hybridized carbons (Fsp3) is 0.167. The highest BCUT2D eigenvalue weighted by molar-refractivity contribution is 6.33. The van der Waals surface area contributed by atoms with Crippen LogP contribution in [0.3, 0.4) is 0 Å². The highest BCUT2D eigenvalue weighted by Gasteiger charge is 2.20. The highest BCUT2D eigenvalue weighted by atomic mass is 35.5. The zero-order valence-corrected chi connectivity index (χ0v) is 14.5. The molecule has 1 heterocycles. The van der Waals surface area contributed by atoms with Gasteiger partial charge in [-0.15, -0.1) is 0 Å². The van der Waals surface area contributed by atoms with Gasteiger partial charge in [-0.25, -0.2) is 4.79 Å². The lowest BCUT2D eigenvalue weighted by molar-refractivity contribution is -0.115. The van der Waals surface area contributed by atoms with Gasteiger partial charge in [-0.1, -0.05) is 23.7 Å². The van der Waals surface area contributed by atoms with E-state index < -0.39 is 5.91 Å². The topological polar surface area (TPSA) is 90.5 Å². The molecule has 0 aliphatic carbocycles. The molecule has 1 saturated heterocycles. The van der Waals surface area contributed by atoms with Gasteiger partial charge < -0.3 is 16.0 Å². The lowest BCUT2D eigenvalue weighted by Gasteiger charge is -2.14. The summed E-state index contributed by atoms with van der Waals surface area (Å²) in [6.45, 7) is 1.04. The van der Waals surface area contributed by atoms with Gasteiger partial charge in [0.25, 0.3) is 5.91 Å². The summed E-state index contributed by atoms with van der Waals surface area (Å²) in [7, 11) is 0. The normalized spacial score (nSPS) is 13.3. The minimum Gasteiger partial charge on any atom is -0.343 e. The summed E-state index contributed by atoms with van der Waals surface area (Å²) < 4.78 is 0. The first-order valence-corrected chi connectivity index (χ1v) is 8.40. The van der Waals surface area contributed by atoms with E-state index in [-0.39, 0.29) is 18.5 Å². The Morgan fingerprint density at radius 1 is 1.12 bits per heavy atom. The van der Waals surface area contributed by atoms with Crippen molar-refractivity contribution >= 4 is 40.8 Å². The Hall–Kier alpha value is -3.06. The van der Waals surface area contributed by atoms with E-state index in [0.29, 0.717) is 29.4 Å². The molecule has 0 unspecified atom stereocenters. The number of hydrogen-bond donors (Lipinski definition) is 3. The van der Waals surface area contributed by atoms with Crippen LogP contribution >= 0.6 is 11.6 Å². The Balaban J connectivity index is 1.52. The van der Waals surface area contributed by atoms with Gasteiger partial charge in [0, 0.05) is 24.5 Å². The number of rotatable bonds is 5. The third kappa shape index (κ3) is 4.12. The predicted octanol–water partition coefficient (Wildman–Crippen LogP) is 2.24. The van der Waals surface area contributed by atoms with Crippen LogP contribution < -0.4 is 20.9 Å². The molecule has 0 spiro atoms. The van der Waals surface area contributed by atoms with Crippen molar-refractivity contribution in [2.24, 2.45) is 0 Å². The van der Waals surface area contributed by atoms with Gasteiger partial charge in [-0.3, -0.25) is 14.5 Å². The number of urea groups is 1. The molecule has 2 aromatic carbocycles. The number of benzene rings is 2. The summed E-state index contributed by atoms with van der Waals surface area (Å²) in [6, 6.07) is 13.4. The number of anilines is 2. The number of nitrogens with one attached hydrogen (secondary N) is 3. The fourth-order valence-electron chi connectivity index (χ4n) is 2.55. The van der Waals surface area contributed by atoms with E-state index >= 15 is 0 Å². The lowest BCUT2D eigenvalue weighted by Crippen LogP contribution is -2.33. The minimum atomic E-state index is -0.416. The van der Waals surface area contributed by atoms with Crippen molar-refractivity contribution in [1.82, 2.24) is 10.6 Å². The first kappa shape index (κ1) is 17.8. The van der Waals surface area contributed by atoms with Crippen molar-refractivity contribution in [3.05, 3.63) is 59.1 Å². The van der Waals surface area contributed by atoms with Crippen LogP contribution in [0.25, 0.3) is 0 Å². The number of hydrogen-bond acceptors (Lipinski definition) is 3. The highest BCUT2D eigenvalue weighted by Crippen LogP contribution is 2.19. The van der Waals surface area contributed by atoms with Crippen molar-refractivity contribution in [3.63, 3.8) is 0 Å². The first-order valence-electron chi connectivity index (χ1n) is 8.02. The summed E-state index contributed by atoms with van der Waals surface area (Å²) >= 11 is 5.95. The van der Waals surface area contributed by atoms with Crippen LogP contribution in [0, 0.1) is 0 Å². The molecule has 26 heavy (non-hydrogen) atoms. The molecule has 2 aromatic rings. The summed E-state index contributed by atoms with van der Waals surface area (Å²) in [5.74, 6) is -0.779. The average Bonchev–Trinajstić information content (AvgIpc) is 3.07. The molecule has 3 rings (SSSR count). The Bertz CT molecular complexity index is 839. The van der Waals surface area contributed by atoms with Crippen LogP contribution in [0.15, 0.2) is 48.5 Å². The Morgan fingerprint density at radius 3 is 2.50 bits per heavy atom. The van der Waals surface area contributed by atoms with E-state index in [1.54, 1.807) is 53.4 Å². The van der Waals surface area contributed by atoms with E-state index in [1.807, 2.05) is 0 Å². The van der Waals surface area contributed by atoms with Crippen LogP contribution in [0.1, 0.15) is 10.4 Å². The average molecular weight is 373 g/mol. The zero-order chi connectivity index (χ0) is 18.5. The van der Waals surface area contributed by atoms with Gasteiger partial charge in [0.05, 0.1) is 17.1 Å². The summed E-state index contributed by atoms with van der Waals surface area (Å²) in [5, 5.41) is 8.26. The first-order chi connectivity index (χ1) is 12.5. The second kappa shape index (κ2) is 7.88. The van der Waals surface area contributed by atoms with Crippen molar-refractivity contribution in [1.29, 1.82) is 0 Å². The van der Waals surface area contributed by atoms with Crippen LogP contribution in [0.5, 0.6) is 0 Å². The molecule has 0 saturated carbocycles. The molecule has 1 aliphatic rings. The summed E-state index contributed by atoms with van der Waals surface area (Å²) in [5.41, 5.74) is 1.64. The fourth-order valence-corrected chi connectivity index (χ4v) is 2.77. The largest absolute Gasteiger partial charge is 0.343 e. The van der Waals surface area contributed by atoms with Crippen LogP contribution in [-0.4, -0.2) is 37.5 Å². The Morgan fingerprint density at radius 2 is 1.85 bits per heavy atom. The van der Waals surface area contributed by atoms with Gasteiger partial charge in [-0.05, 0) is 36.4 Å². The van der Waals surface area contributed by atoms with E-state index in [4.69, 9.17) is 11.6 Å². The van der Waals surface area contributed by atoms with Crippen molar-refractivity contribution < 1.29 is 14.4 Å². The van der Waals surface area contributed by atoms with Crippen LogP contribution in [-0.2, 0) is 4.79 Å². The minimum absolute atomic E-state index is 0.135. The molecule has 0 bridgehead atoms. The SMILES string of the molecule is O=C(CNC(=O)c1ccccc1Cl)Nc1ccc(N2CCNC2=O)cc1. The molecule has 1 aliphatic heterocycles. The van der Waals surface area contributed by atoms with Gasteiger partial charge in [-0.2, -0.15) is 0 Å². The van der Waals surface area contributed by atoms with Gasteiger partial charge in [0.15, 0.2) is 0 Å². The summed E-state index contributed by atoms with van der Waals surface area (Å²) in [4.78, 5) is 37.3. The van der Waals surface area contributed by atoms with Crippen LogP contribution in [0.4, 0.5) is 16.2 Å². The molecule has 0 atom stereocenters. The molecule has 7 nitrogen and oxygen atoms in total. The number of carbonyl (C=O) groups is 3. The Labute approximate surface area is 155 Å². The monoisotopic (exact) mass is 372 g/mol. The predicted molar refractivity (Wildman–Crippen MR) is 99.6 cm³/mol. The third-order valence-electron chi connectivity index (χ3n) is 3.85. The molecular formula is C18H17ClN4O3. The van der Waals surface area contributed by atoms with E-state index in [2.05, 4.69) is 16.0 Å². The van der Waals surface area contributed by atoms with Gasteiger partial charge >= 0.3 is 6.03 Å². The standard InChI is InChI=1S/C18H17ClN4O3/c19-15-4-2-1-3-14(15)17(25)21-11-16(24)22-12-5-7-13(8-6-12)23-10-9-20-18(23)26/h1-8H,9-11H2,(H,20,26)(H,21,25)(H,22,24). The van der Waals surface area contributed by atoms with Crippen molar-refractivity contribution in [2.75, 3.05) is 29.9 Å². The molecule has 4 amide bonds. The number of halogens is 1. The smallest absolute Gasteiger partial charge is 0.321 e. The Kier molecular flexibility index (Phi) is 5.38. The third-order valence-corrected chi connectivity index (χ3v) is 4.18. The van der Waals surface area contributed by atoms with Crippen molar-refractivity contribution in [3.8, 4) is 0 Å². The number of amides is 4. The molecular weight excluding hydrogens is 356 g/mol. The molecule has 8 heteroatoms. The van der Waals surface area contributed by atoms with Crippen molar-refractivity contribution in [2.45, 2.75) is 0 Å². The molecule has 3 N–H and O–H groups in total. The van der Waals surface area contributed by atoms with Crippen LogP contribution in [0.2, 0.25) is 5.02 Å². The lowest BCUT2D eigenvalue weighted by atomic mass is 10.2. The van der Waals surface area contributed by atoms with Gasteiger partial charge in [0.2, 0.25) is 5.91 Å². The number of nitrogens with zero attached hydrogens (tertiary/aromatic N) is 1. The second-order valence-corrected chi connectivity index (χ2v) is 6.05. The molecule has 0 radical (unpaired) electrons. The van der Waals surface area contributed by atoms with E-state index in [1.165, 1.54) is 0 Å². The molecule has 134 valence electrons. The van der Waals surface area contributed by atoms with Gasteiger partial charge in [0.1, 0.15) is 0 Å². The zero-order valence-electron chi connectivity index (χ0n) is 13.8. The second-order valence-electron chi connectivity index (χ2n) is 5.64. The maximum atomic E-state index is 12.0. The quantitative estimate of drug-likeness (QED) is 0.751. The number of carbonyl (C=O) groups excluding carboxylic acids is 3. The maximum absolute atomic E-state index is 12.0. The summed E-state index contributed by atoms with van der Waals surface area (Å²) in [6.07, 6.45) is 0. The van der Waals surface area contributed by atoms with E-state index in [0.717, 1.165) is 5.69 Å². The molecule has 1 fully saturated rings. The molecule has 0 aromatic heterocycles.